The summed E-state index contributed by atoms with van der Waals surface area (Å²) < 4.78 is 9.63. The summed E-state index contributed by atoms with van der Waals surface area (Å²) in [6.45, 7) is 1.88. The van der Waals surface area contributed by atoms with Crippen molar-refractivity contribution in [1.29, 1.82) is 0 Å². The van der Waals surface area contributed by atoms with Crippen LogP contribution in [-0.4, -0.2) is 24.6 Å². The number of benzene rings is 1. The van der Waals surface area contributed by atoms with Crippen LogP contribution in [-0.2, 0) is 16.0 Å². The van der Waals surface area contributed by atoms with Crippen LogP contribution >= 0.6 is 11.6 Å². The van der Waals surface area contributed by atoms with E-state index in [1.54, 1.807) is 6.92 Å². The van der Waals surface area contributed by atoms with Gasteiger partial charge in [0.25, 0.3) is 5.69 Å². The average molecular weight is 274 g/mol. The normalized spacial score (nSPS) is 9.94. The smallest absolute Gasteiger partial charge is 0.310 e. The van der Waals surface area contributed by atoms with E-state index >= 15 is 0 Å². The number of nitro groups is 1. The van der Waals surface area contributed by atoms with Crippen LogP contribution in [0.25, 0.3) is 0 Å². The number of hydrogen-bond donors (Lipinski definition) is 0. The molecule has 1 aromatic carbocycles. The molecule has 0 saturated carbocycles. The number of ether oxygens (including phenoxy) is 2. The molecule has 0 spiro atoms. The number of rotatable bonds is 5. The molecule has 6 nitrogen and oxygen atoms in total. The van der Waals surface area contributed by atoms with Crippen molar-refractivity contribution in [1.82, 2.24) is 0 Å². The number of nitrogens with zero attached hydrogens (tertiary/aromatic N) is 1. The molecule has 0 unspecified atom stereocenters. The Labute approximate surface area is 109 Å². The lowest BCUT2D eigenvalue weighted by atomic mass is 10.1. The van der Waals surface area contributed by atoms with Crippen molar-refractivity contribution < 1.29 is 19.2 Å². The molecule has 0 bridgehead atoms. The van der Waals surface area contributed by atoms with Crippen molar-refractivity contribution in [2.75, 3.05) is 13.7 Å². The Morgan fingerprint density at radius 2 is 2.17 bits per heavy atom. The molecule has 0 fully saturated rings. The third-order valence-corrected chi connectivity index (χ3v) is 2.57. The standard InChI is InChI=1S/C11H12ClNO5/c1-3-18-9(14)6-7-4-5-8(17-2)10(12)11(7)13(15)16/h4-5H,3,6H2,1-2H3. The van der Waals surface area contributed by atoms with E-state index < -0.39 is 10.9 Å². The Balaban J connectivity index is 3.16. The summed E-state index contributed by atoms with van der Waals surface area (Å²) in [6, 6.07) is 2.91. The van der Waals surface area contributed by atoms with Gasteiger partial charge in [0.2, 0.25) is 0 Å². The van der Waals surface area contributed by atoms with Gasteiger partial charge in [0.05, 0.1) is 25.1 Å². The summed E-state index contributed by atoms with van der Waals surface area (Å²) >= 11 is 5.85. The number of carbonyl (C=O) groups excluding carboxylic acids is 1. The molecule has 7 heteroatoms. The molecule has 0 amide bonds. The lowest BCUT2D eigenvalue weighted by molar-refractivity contribution is -0.385. The van der Waals surface area contributed by atoms with Crippen LogP contribution in [0, 0.1) is 10.1 Å². The van der Waals surface area contributed by atoms with Gasteiger partial charge in [0, 0.05) is 5.56 Å². The van der Waals surface area contributed by atoms with Gasteiger partial charge in [0.15, 0.2) is 5.02 Å². The number of hydrogen-bond acceptors (Lipinski definition) is 5. The molecule has 0 radical (unpaired) electrons. The summed E-state index contributed by atoms with van der Waals surface area (Å²) in [5.74, 6) is -0.349. The van der Waals surface area contributed by atoms with Crippen LogP contribution in [0.3, 0.4) is 0 Å². The highest BCUT2D eigenvalue weighted by molar-refractivity contribution is 6.34. The maximum absolute atomic E-state index is 11.3. The highest BCUT2D eigenvalue weighted by atomic mass is 35.5. The zero-order valence-electron chi connectivity index (χ0n) is 9.94. The predicted molar refractivity (Wildman–Crippen MR) is 65.0 cm³/mol. The van der Waals surface area contributed by atoms with E-state index in [0.717, 1.165) is 0 Å². The molecular weight excluding hydrogens is 262 g/mol. The predicted octanol–water partition coefficient (Wildman–Crippen LogP) is 2.36. The Bertz CT molecular complexity index is 475. The first-order valence-corrected chi connectivity index (χ1v) is 5.54. The molecule has 0 atom stereocenters. The maximum Gasteiger partial charge on any atom is 0.310 e. The van der Waals surface area contributed by atoms with E-state index in [9.17, 15) is 14.9 Å². The monoisotopic (exact) mass is 273 g/mol. The van der Waals surface area contributed by atoms with Crippen LogP contribution in [0.15, 0.2) is 12.1 Å². The Kier molecular flexibility index (Phi) is 4.91. The SMILES string of the molecule is CCOC(=O)Cc1ccc(OC)c(Cl)c1[N+](=O)[O-]. The Morgan fingerprint density at radius 3 is 2.67 bits per heavy atom. The second-order valence-corrected chi connectivity index (χ2v) is 3.71. The second-order valence-electron chi connectivity index (χ2n) is 3.33. The van der Waals surface area contributed by atoms with E-state index in [-0.39, 0.29) is 35.1 Å². The van der Waals surface area contributed by atoms with Gasteiger partial charge in [-0.1, -0.05) is 11.6 Å². The van der Waals surface area contributed by atoms with Gasteiger partial charge in [-0.3, -0.25) is 14.9 Å². The molecule has 1 rings (SSSR count). The number of nitro benzene ring substituents is 1. The fourth-order valence-corrected chi connectivity index (χ4v) is 1.78. The molecule has 0 heterocycles. The maximum atomic E-state index is 11.3. The van der Waals surface area contributed by atoms with Gasteiger partial charge in [-0.15, -0.1) is 0 Å². The van der Waals surface area contributed by atoms with Crippen molar-refractivity contribution in [3.8, 4) is 5.75 Å². The van der Waals surface area contributed by atoms with Crippen LogP contribution in [0.2, 0.25) is 5.02 Å². The number of halogens is 1. The lowest BCUT2D eigenvalue weighted by Gasteiger charge is -2.07. The van der Waals surface area contributed by atoms with Crippen molar-refractivity contribution in [2.24, 2.45) is 0 Å². The fraction of sp³-hybridized carbons (Fsp3) is 0.364. The van der Waals surface area contributed by atoms with E-state index in [1.165, 1.54) is 19.2 Å². The molecule has 1 aromatic rings. The highest BCUT2D eigenvalue weighted by Crippen LogP contribution is 2.36. The van der Waals surface area contributed by atoms with Crippen molar-refractivity contribution in [3.63, 3.8) is 0 Å². The first-order valence-electron chi connectivity index (χ1n) is 5.16. The van der Waals surface area contributed by atoms with E-state index in [0.29, 0.717) is 0 Å². The molecule has 0 saturated heterocycles. The Morgan fingerprint density at radius 1 is 1.50 bits per heavy atom. The third kappa shape index (κ3) is 3.10. The topological polar surface area (TPSA) is 78.7 Å². The van der Waals surface area contributed by atoms with Crippen molar-refractivity contribution >= 4 is 23.3 Å². The van der Waals surface area contributed by atoms with Gasteiger partial charge in [-0.25, -0.2) is 0 Å². The lowest BCUT2D eigenvalue weighted by Crippen LogP contribution is -2.09. The van der Waals surface area contributed by atoms with Gasteiger partial charge < -0.3 is 9.47 Å². The molecular formula is C11H12ClNO5. The van der Waals surface area contributed by atoms with Crippen LogP contribution in [0.5, 0.6) is 5.75 Å². The van der Waals surface area contributed by atoms with Gasteiger partial charge in [-0.2, -0.15) is 0 Å². The second kappa shape index (κ2) is 6.20. The van der Waals surface area contributed by atoms with Crippen LogP contribution in [0.4, 0.5) is 5.69 Å². The Hall–Kier alpha value is -1.82. The summed E-state index contributed by atoms with van der Waals surface area (Å²) in [4.78, 5) is 21.7. The molecule has 0 N–H and O–H groups in total. The summed E-state index contributed by atoms with van der Waals surface area (Å²) in [5.41, 5.74) is -0.131. The van der Waals surface area contributed by atoms with Crippen LogP contribution < -0.4 is 4.74 Å². The third-order valence-electron chi connectivity index (χ3n) is 2.21. The minimum Gasteiger partial charge on any atom is -0.495 e. The van der Waals surface area contributed by atoms with E-state index in [1.807, 2.05) is 0 Å². The minimum absolute atomic E-state index is 0.121. The van der Waals surface area contributed by atoms with Crippen molar-refractivity contribution in [3.05, 3.63) is 32.8 Å². The first-order chi connectivity index (χ1) is 8.51. The minimum atomic E-state index is -0.639. The van der Waals surface area contributed by atoms with Gasteiger partial charge in [-0.05, 0) is 19.1 Å². The molecule has 18 heavy (non-hydrogen) atoms. The quantitative estimate of drug-likeness (QED) is 0.467. The van der Waals surface area contributed by atoms with E-state index in [4.69, 9.17) is 21.1 Å². The largest absolute Gasteiger partial charge is 0.495 e. The highest BCUT2D eigenvalue weighted by Gasteiger charge is 2.24. The zero-order valence-corrected chi connectivity index (χ0v) is 10.7. The van der Waals surface area contributed by atoms with Gasteiger partial charge >= 0.3 is 5.97 Å². The summed E-state index contributed by atoms with van der Waals surface area (Å²) in [5, 5.41) is 10.8. The number of esters is 1. The fourth-order valence-electron chi connectivity index (χ4n) is 1.45. The molecule has 0 aromatic heterocycles. The van der Waals surface area contributed by atoms with Crippen molar-refractivity contribution in [2.45, 2.75) is 13.3 Å². The zero-order chi connectivity index (χ0) is 13.7. The van der Waals surface area contributed by atoms with Gasteiger partial charge in [0.1, 0.15) is 5.75 Å². The summed E-state index contributed by atoms with van der Waals surface area (Å²) in [6.07, 6.45) is -0.201. The van der Waals surface area contributed by atoms with Crippen LogP contribution in [0.1, 0.15) is 12.5 Å². The number of methoxy groups -OCH3 is 1. The molecule has 98 valence electrons. The first kappa shape index (κ1) is 14.2. The average Bonchev–Trinajstić information content (AvgIpc) is 2.29. The molecule has 0 aliphatic rings. The molecule has 0 aliphatic heterocycles. The number of carbonyl (C=O) groups is 1. The molecule has 0 aliphatic carbocycles. The summed E-state index contributed by atoms with van der Waals surface area (Å²) in [7, 11) is 1.36. The van der Waals surface area contributed by atoms with E-state index in [2.05, 4.69) is 0 Å².